The number of hydrogen-bond acceptors (Lipinski definition) is 4. The topological polar surface area (TPSA) is 57.7 Å². The summed E-state index contributed by atoms with van der Waals surface area (Å²) in [7, 11) is -3.54. The summed E-state index contributed by atoms with van der Waals surface area (Å²) in [4.78, 5) is 14.9. The quantitative estimate of drug-likeness (QED) is 0.735. The first-order valence-corrected chi connectivity index (χ1v) is 11.5. The van der Waals surface area contributed by atoms with E-state index in [4.69, 9.17) is 0 Å². The summed E-state index contributed by atoms with van der Waals surface area (Å²) in [5.74, 6) is 1.84. The molecular weight excluding hydrogens is 412 g/mol. The molecule has 0 bridgehead atoms. The maximum Gasteiger partial charge on any atom is 0.243 e. The number of thioether (sulfide) groups is 1. The zero-order valence-corrected chi connectivity index (χ0v) is 16.6. The van der Waals surface area contributed by atoms with Crippen LogP contribution in [0.3, 0.4) is 0 Å². The summed E-state index contributed by atoms with van der Waals surface area (Å²) in [6.45, 7) is 2.33. The van der Waals surface area contributed by atoms with Gasteiger partial charge < -0.3 is 4.90 Å². The van der Waals surface area contributed by atoms with Crippen LogP contribution in [-0.4, -0.2) is 61.2 Å². The zero-order chi connectivity index (χ0) is 17.2. The molecule has 2 aliphatic heterocycles. The van der Waals surface area contributed by atoms with Gasteiger partial charge in [-0.05, 0) is 37.1 Å². The van der Waals surface area contributed by atoms with Crippen LogP contribution in [0.5, 0.6) is 0 Å². The normalized spacial score (nSPS) is 23.2. The minimum absolute atomic E-state index is 0.117. The van der Waals surface area contributed by atoms with Gasteiger partial charge in [0.05, 0.1) is 10.8 Å². The van der Waals surface area contributed by atoms with Crippen LogP contribution in [-0.2, 0) is 14.8 Å². The van der Waals surface area contributed by atoms with Crippen molar-refractivity contribution in [1.82, 2.24) is 9.21 Å². The highest BCUT2D eigenvalue weighted by Gasteiger charge is 2.35. The number of amides is 1. The molecule has 132 valence electrons. The van der Waals surface area contributed by atoms with Crippen molar-refractivity contribution in [3.05, 3.63) is 28.7 Å². The highest BCUT2D eigenvalue weighted by molar-refractivity contribution is 9.10. The SMILES string of the molecule is O=C(C1CCCN(S(=O)(=O)c2ccc(Br)cc2)C1)N1CCSCC1. The number of carbonyl (C=O) groups excluding carboxylic acids is 1. The summed E-state index contributed by atoms with van der Waals surface area (Å²) in [6.07, 6.45) is 1.50. The van der Waals surface area contributed by atoms with E-state index in [9.17, 15) is 13.2 Å². The van der Waals surface area contributed by atoms with E-state index in [2.05, 4.69) is 15.9 Å². The molecule has 1 atom stereocenters. The third kappa shape index (κ3) is 3.98. The third-order valence-corrected chi connectivity index (χ3v) is 7.86. The van der Waals surface area contributed by atoms with Gasteiger partial charge in [-0.2, -0.15) is 16.1 Å². The van der Waals surface area contributed by atoms with Gasteiger partial charge in [-0.15, -0.1) is 0 Å². The lowest BCUT2D eigenvalue weighted by atomic mass is 9.98. The fraction of sp³-hybridized carbons (Fsp3) is 0.562. The predicted molar refractivity (Wildman–Crippen MR) is 99.5 cm³/mol. The molecule has 0 aliphatic carbocycles. The van der Waals surface area contributed by atoms with E-state index in [1.165, 1.54) is 4.31 Å². The fourth-order valence-corrected chi connectivity index (χ4v) is 5.85. The molecule has 3 rings (SSSR count). The molecule has 1 aromatic carbocycles. The minimum atomic E-state index is -3.54. The summed E-state index contributed by atoms with van der Waals surface area (Å²) in [5, 5.41) is 0. The van der Waals surface area contributed by atoms with E-state index < -0.39 is 10.0 Å². The molecule has 1 unspecified atom stereocenters. The van der Waals surface area contributed by atoms with Crippen molar-refractivity contribution >= 4 is 43.6 Å². The molecule has 0 saturated carbocycles. The standard InChI is InChI=1S/C16H21BrN2O3S2/c17-14-3-5-15(6-4-14)24(21,22)19-7-1-2-13(12-19)16(20)18-8-10-23-11-9-18/h3-6,13H,1-2,7-12H2. The Morgan fingerprint density at radius 1 is 1.12 bits per heavy atom. The average Bonchev–Trinajstić information content (AvgIpc) is 2.62. The van der Waals surface area contributed by atoms with Crippen LogP contribution in [0.1, 0.15) is 12.8 Å². The van der Waals surface area contributed by atoms with Crippen LogP contribution in [0.15, 0.2) is 33.6 Å². The second-order valence-corrected chi connectivity index (χ2v) is 10.2. The Hall–Kier alpha value is -0.570. The fourth-order valence-electron chi connectivity index (χ4n) is 3.16. The van der Waals surface area contributed by atoms with Crippen LogP contribution in [0.4, 0.5) is 0 Å². The highest BCUT2D eigenvalue weighted by atomic mass is 79.9. The molecule has 2 heterocycles. The van der Waals surface area contributed by atoms with Crippen molar-refractivity contribution in [2.24, 2.45) is 5.92 Å². The number of nitrogens with zero attached hydrogens (tertiary/aromatic N) is 2. The molecule has 0 radical (unpaired) electrons. The number of hydrogen-bond donors (Lipinski definition) is 0. The van der Waals surface area contributed by atoms with Gasteiger partial charge in [-0.3, -0.25) is 4.79 Å². The van der Waals surface area contributed by atoms with E-state index in [0.29, 0.717) is 13.1 Å². The smallest absolute Gasteiger partial charge is 0.243 e. The first-order valence-electron chi connectivity index (χ1n) is 8.11. The molecule has 0 spiro atoms. The van der Waals surface area contributed by atoms with E-state index in [1.807, 2.05) is 16.7 Å². The van der Waals surface area contributed by atoms with Crippen molar-refractivity contribution in [2.75, 3.05) is 37.7 Å². The molecule has 1 aromatic rings. The van der Waals surface area contributed by atoms with Crippen molar-refractivity contribution in [1.29, 1.82) is 0 Å². The van der Waals surface area contributed by atoms with Crippen LogP contribution in [0.2, 0.25) is 0 Å². The van der Waals surface area contributed by atoms with E-state index >= 15 is 0 Å². The number of benzene rings is 1. The molecule has 2 fully saturated rings. The number of sulfonamides is 1. The summed E-state index contributed by atoms with van der Waals surface area (Å²) < 4.78 is 28.0. The maximum absolute atomic E-state index is 12.8. The Morgan fingerprint density at radius 3 is 2.46 bits per heavy atom. The molecule has 1 amide bonds. The lowest BCUT2D eigenvalue weighted by Crippen LogP contribution is -2.48. The van der Waals surface area contributed by atoms with Crippen LogP contribution in [0, 0.1) is 5.92 Å². The van der Waals surface area contributed by atoms with Gasteiger partial charge in [0.2, 0.25) is 15.9 Å². The van der Waals surface area contributed by atoms with Gasteiger partial charge in [-0.1, -0.05) is 15.9 Å². The summed E-state index contributed by atoms with van der Waals surface area (Å²) in [5.41, 5.74) is 0. The summed E-state index contributed by atoms with van der Waals surface area (Å²) >= 11 is 5.18. The Bertz CT molecular complexity index is 688. The Balaban J connectivity index is 1.72. The van der Waals surface area contributed by atoms with Gasteiger partial charge in [0.25, 0.3) is 0 Å². The summed E-state index contributed by atoms with van der Waals surface area (Å²) in [6, 6.07) is 6.66. The predicted octanol–water partition coefficient (Wildman–Crippen LogP) is 2.43. The Labute approximate surface area is 156 Å². The van der Waals surface area contributed by atoms with E-state index in [1.54, 1.807) is 24.3 Å². The molecule has 5 nitrogen and oxygen atoms in total. The number of halogens is 1. The van der Waals surface area contributed by atoms with Crippen LogP contribution >= 0.6 is 27.7 Å². The van der Waals surface area contributed by atoms with Gasteiger partial charge in [-0.25, -0.2) is 8.42 Å². The maximum atomic E-state index is 12.8. The lowest BCUT2D eigenvalue weighted by Gasteiger charge is -2.35. The number of rotatable bonds is 3. The lowest BCUT2D eigenvalue weighted by molar-refractivity contribution is -0.136. The van der Waals surface area contributed by atoms with Gasteiger partial charge in [0.1, 0.15) is 0 Å². The van der Waals surface area contributed by atoms with Crippen molar-refractivity contribution in [2.45, 2.75) is 17.7 Å². The van der Waals surface area contributed by atoms with Gasteiger partial charge in [0.15, 0.2) is 0 Å². The molecule has 0 aromatic heterocycles. The molecule has 2 saturated heterocycles. The van der Waals surface area contributed by atoms with Crippen molar-refractivity contribution in [3.8, 4) is 0 Å². The molecule has 24 heavy (non-hydrogen) atoms. The van der Waals surface area contributed by atoms with Crippen molar-refractivity contribution < 1.29 is 13.2 Å². The monoisotopic (exact) mass is 432 g/mol. The molecule has 2 aliphatic rings. The second kappa shape index (κ2) is 7.76. The van der Waals surface area contributed by atoms with Crippen molar-refractivity contribution in [3.63, 3.8) is 0 Å². The molecule has 8 heteroatoms. The molecular formula is C16H21BrN2O3S2. The third-order valence-electron chi connectivity index (χ3n) is 4.51. The highest BCUT2D eigenvalue weighted by Crippen LogP contribution is 2.26. The Kier molecular flexibility index (Phi) is 5.89. The van der Waals surface area contributed by atoms with Gasteiger partial charge in [0, 0.05) is 42.2 Å². The first-order chi connectivity index (χ1) is 11.5. The molecule has 0 N–H and O–H groups in total. The average molecular weight is 433 g/mol. The number of piperidine rings is 1. The van der Waals surface area contributed by atoms with Crippen LogP contribution in [0.25, 0.3) is 0 Å². The Morgan fingerprint density at radius 2 is 1.79 bits per heavy atom. The van der Waals surface area contributed by atoms with E-state index in [-0.39, 0.29) is 16.7 Å². The van der Waals surface area contributed by atoms with E-state index in [0.717, 1.165) is 41.9 Å². The van der Waals surface area contributed by atoms with Gasteiger partial charge >= 0.3 is 0 Å². The largest absolute Gasteiger partial charge is 0.341 e. The van der Waals surface area contributed by atoms with Crippen LogP contribution < -0.4 is 0 Å². The minimum Gasteiger partial charge on any atom is -0.341 e. The second-order valence-electron chi connectivity index (χ2n) is 6.09. The number of carbonyl (C=O) groups is 1. The first kappa shape index (κ1) is 18.2. The zero-order valence-electron chi connectivity index (χ0n) is 13.4.